The van der Waals surface area contributed by atoms with Crippen LogP contribution in [0.15, 0.2) is 60.7 Å². The highest BCUT2D eigenvalue weighted by atomic mass is 19.1. The van der Waals surface area contributed by atoms with Crippen molar-refractivity contribution in [2.75, 3.05) is 11.1 Å². The van der Waals surface area contributed by atoms with Crippen LogP contribution in [0.2, 0.25) is 0 Å². The molecule has 3 rings (SSSR count). The van der Waals surface area contributed by atoms with Crippen molar-refractivity contribution in [2.24, 2.45) is 0 Å². The van der Waals surface area contributed by atoms with Gasteiger partial charge in [-0.3, -0.25) is 4.79 Å². The first-order chi connectivity index (χ1) is 10.6. The summed E-state index contributed by atoms with van der Waals surface area (Å²) in [6, 6.07) is 18.0. The van der Waals surface area contributed by atoms with E-state index in [4.69, 9.17) is 5.73 Å². The summed E-state index contributed by atoms with van der Waals surface area (Å²) in [5, 5.41) is 4.95. The van der Waals surface area contributed by atoms with Gasteiger partial charge in [-0.2, -0.15) is 0 Å². The molecule has 3 nitrogen and oxygen atoms in total. The van der Waals surface area contributed by atoms with Gasteiger partial charge in [0, 0.05) is 5.69 Å². The summed E-state index contributed by atoms with van der Waals surface area (Å²) in [7, 11) is 0. The second-order valence-corrected chi connectivity index (χ2v) is 5.14. The number of hydrogen-bond acceptors (Lipinski definition) is 2. The third kappa shape index (κ3) is 3.06. The molecule has 0 bridgehead atoms. The van der Waals surface area contributed by atoms with Crippen molar-refractivity contribution in [3.63, 3.8) is 0 Å². The summed E-state index contributed by atoms with van der Waals surface area (Å²) in [6.45, 7) is 0. The summed E-state index contributed by atoms with van der Waals surface area (Å²) in [4.78, 5) is 12.1. The van der Waals surface area contributed by atoms with Crippen LogP contribution in [-0.2, 0) is 11.2 Å². The van der Waals surface area contributed by atoms with Crippen molar-refractivity contribution in [1.82, 2.24) is 0 Å². The van der Waals surface area contributed by atoms with Gasteiger partial charge in [0.1, 0.15) is 5.82 Å². The number of carbonyl (C=O) groups is 1. The molecular weight excluding hydrogens is 279 g/mol. The molecule has 0 aliphatic rings. The minimum absolute atomic E-state index is 0.0171. The van der Waals surface area contributed by atoms with E-state index in [2.05, 4.69) is 5.32 Å². The van der Waals surface area contributed by atoms with Crippen molar-refractivity contribution in [1.29, 1.82) is 0 Å². The highest BCUT2D eigenvalue weighted by Crippen LogP contribution is 2.18. The number of carbonyl (C=O) groups excluding carboxylic acids is 1. The minimum Gasteiger partial charge on any atom is -0.396 e. The molecule has 0 spiro atoms. The number of amides is 1. The molecule has 0 aliphatic carbocycles. The lowest BCUT2D eigenvalue weighted by molar-refractivity contribution is -0.115. The Labute approximate surface area is 127 Å². The monoisotopic (exact) mass is 294 g/mol. The van der Waals surface area contributed by atoms with Crippen LogP contribution in [0.4, 0.5) is 15.8 Å². The van der Waals surface area contributed by atoms with Gasteiger partial charge in [-0.15, -0.1) is 0 Å². The Morgan fingerprint density at radius 2 is 1.77 bits per heavy atom. The summed E-state index contributed by atoms with van der Waals surface area (Å²) in [6.07, 6.45) is 0.252. The Morgan fingerprint density at radius 1 is 1.00 bits per heavy atom. The Morgan fingerprint density at radius 3 is 2.55 bits per heavy atom. The minimum atomic E-state index is -0.493. The molecule has 0 saturated heterocycles. The number of hydrogen-bond donors (Lipinski definition) is 2. The first kappa shape index (κ1) is 14.1. The molecule has 0 atom stereocenters. The summed E-state index contributed by atoms with van der Waals surface area (Å²) in [5.41, 5.74) is 6.91. The first-order valence-corrected chi connectivity index (χ1v) is 6.94. The Kier molecular flexibility index (Phi) is 3.74. The van der Waals surface area contributed by atoms with E-state index in [9.17, 15) is 9.18 Å². The van der Waals surface area contributed by atoms with E-state index in [1.165, 1.54) is 18.2 Å². The maximum Gasteiger partial charge on any atom is 0.228 e. The Bertz CT molecular complexity index is 845. The fraction of sp³-hybridized carbons (Fsp3) is 0.0556. The van der Waals surface area contributed by atoms with Gasteiger partial charge in [-0.25, -0.2) is 4.39 Å². The first-order valence-electron chi connectivity index (χ1n) is 6.94. The van der Waals surface area contributed by atoms with Gasteiger partial charge < -0.3 is 11.1 Å². The standard InChI is InChI=1S/C18H15FN2O/c19-16-8-7-15(11-17(16)20)21-18(22)10-12-5-6-13-3-1-2-4-14(13)9-12/h1-9,11H,10,20H2,(H,21,22). The second kappa shape index (κ2) is 5.85. The van der Waals surface area contributed by atoms with Crippen molar-refractivity contribution in [3.05, 3.63) is 72.0 Å². The predicted octanol–water partition coefficient (Wildman–Crippen LogP) is 3.74. The van der Waals surface area contributed by atoms with Crippen molar-refractivity contribution < 1.29 is 9.18 Å². The second-order valence-electron chi connectivity index (χ2n) is 5.14. The van der Waals surface area contributed by atoms with Gasteiger partial charge in [0.25, 0.3) is 0 Å². The van der Waals surface area contributed by atoms with E-state index in [0.717, 1.165) is 16.3 Å². The fourth-order valence-electron chi connectivity index (χ4n) is 2.36. The van der Waals surface area contributed by atoms with Crippen LogP contribution in [0, 0.1) is 5.82 Å². The van der Waals surface area contributed by atoms with Crippen molar-refractivity contribution in [2.45, 2.75) is 6.42 Å². The van der Waals surface area contributed by atoms with E-state index in [0.29, 0.717) is 5.69 Å². The number of rotatable bonds is 3. The predicted molar refractivity (Wildman–Crippen MR) is 87.1 cm³/mol. The summed E-state index contributed by atoms with van der Waals surface area (Å²) in [5.74, 6) is -0.659. The SMILES string of the molecule is Nc1cc(NC(=O)Cc2ccc3ccccc3c2)ccc1F. The number of benzene rings is 3. The maximum absolute atomic E-state index is 13.1. The van der Waals surface area contributed by atoms with Gasteiger partial charge in [0.15, 0.2) is 0 Å². The average Bonchev–Trinajstić information content (AvgIpc) is 2.51. The van der Waals surface area contributed by atoms with Gasteiger partial charge >= 0.3 is 0 Å². The topological polar surface area (TPSA) is 55.1 Å². The zero-order valence-electron chi connectivity index (χ0n) is 11.8. The lowest BCUT2D eigenvalue weighted by Crippen LogP contribution is -2.14. The third-order valence-corrected chi connectivity index (χ3v) is 3.46. The number of halogens is 1. The zero-order chi connectivity index (χ0) is 15.5. The molecule has 0 fully saturated rings. The normalized spacial score (nSPS) is 10.6. The highest BCUT2D eigenvalue weighted by molar-refractivity contribution is 5.93. The molecule has 0 radical (unpaired) electrons. The molecule has 4 heteroatoms. The number of nitrogens with one attached hydrogen (secondary N) is 1. The van der Waals surface area contributed by atoms with E-state index in [1.807, 2.05) is 42.5 Å². The van der Waals surface area contributed by atoms with Crippen LogP contribution in [0.25, 0.3) is 10.8 Å². The molecule has 3 aromatic carbocycles. The van der Waals surface area contributed by atoms with Gasteiger partial charge in [0.05, 0.1) is 12.1 Å². The van der Waals surface area contributed by atoms with Crippen LogP contribution < -0.4 is 11.1 Å². The number of fused-ring (bicyclic) bond motifs is 1. The van der Waals surface area contributed by atoms with Gasteiger partial charge in [-0.05, 0) is 34.5 Å². The molecule has 0 unspecified atom stereocenters. The smallest absolute Gasteiger partial charge is 0.228 e. The lowest BCUT2D eigenvalue weighted by atomic mass is 10.0. The maximum atomic E-state index is 13.1. The fourth-order valence-corrected chi connectivity index (χ4v) is 2.36. The molecule has 0 aromatic heterocycles. The van der Waals surface area contributed by atoms with Crippen LogP contribution >= 0.6 is 0 Å². The molecule has 3 N–H and O–H groups in total. The third-order valence-electron chi connectivity index (χ3n) is 3.46. The molecule has 22 heavy (non-hydrogen) atoms. The molecule has 3 aromatic rings. The zero-order valence-corrected chi connectivity index (χ0v) is 11.8. The van der Waals surface area contributed by atoms with Crippen LogP contribution in [0.5, 0.6) is 0 Å². The van der Waals surface area contributed by atoms with Crippen molar-refractivity contribution >= 4 is 28.1 Å². The van der Waals surface area contributed by atoms with Gasteiger partial charge in [-0.1, -0.05) is 42.5 Å². The van der Waals surface area contributed by atoms with E-state index in [1.54, 1.807) is 0 Å². The van der Waals surface area contributed by atoms with Crippen LogP contribution in [0.3, 0.4) is 0 Å². The molecular formula is C18H15FN2O. The van der Waals surface area contributed by atoms with Gasteiger partial charge in [0.2, 0.25) is 5.91 Å². The summed E-state index contributed by atoms with van der Waals surface area (Å²) < 4.78 is 13.1. The number of nitrogens with two attached hydrogens (primary N) is 1. The van der Waals surface area contributed by atoms with Crippen molar-refractivity contribution in [3.8, 4) is 0 Å². The number of anilines is 2. The van der Waals surface area contributed by atoms with E-state index < -0.39 is 5.82 Å². The van der Waals surface area contributed by atoms with E-state index >= 15 is 0 Å². The molecule has 0 aliphatic heterocycles. The molecule has 0 saturated carbocycles. The van der Waals surface area contributed by atoms with Crippen LogP contribution in [-0.4, -0.2) is 5.91 Å². The Balaban J connectivity index is 1.73. The summed E-state index contributed by atoms with van der Waals surface area (Å²) >= 11 is 0. The molecule has 110 valence electrons. The Hall–Kier alpha value is -2.88. The lowest BCUT2D eigenvalue weighted by Gasteiger charge is -2.07. The molecule has 0 heterocycles. The average molecular weight is 294 g/mol. The largest absolute Gasteiger partial charge is 0.396 e. The van der Waals surface area contributed by atoms with E-state index in [-0.39, 0.29) is 18.0 Å². The van der Waals surface area contributed by atoms with Crippen LogP contribution in [0.1, 0.15) is 5.56 Å². The molecule has 1 amide bonds. The quantitative estimate of drug-likeness (QED) is 0.723. The number of nitrogen functional groups attached to an aromatic ring is 1. The highest BCUT2D eigenvalue weighted by Gasteiger charge is 2.06.